The average molecular weight is 443 g/mol. The van der Waals surface area contributed by atoms with E-state index in [1.165, 1.54) is 41.5 Å². The van der Waals surface area contributed by atoms with Gasteiger partial charge in [0.1, 0.15) is 5.60 Å². The number of nitrogens with one attached hydrogen (secondary N) is 1. The predicted octanol–water partition coefficient (Wildman–Crippen LogP) is 4.40. The van der Waals surface area contributed by atoms with Crippen LogP contribution in [0.3, 0.4) is 0 Å². The number of para-hydroxylation sites is 1. The smallest absolute Gasteiger partial charge is 0.166 e. The third-order valence-electron chi connectivity index (χ3n) is 9.94. The van der Waals surface area contributed by atoms with Crippen LogP contribution in [0.4, 0.5) is 0 Å². The van der Waals surface area contributed by atoms with Crippen LogP contribution in [0.1, 0.15) is 48.6 Å². The molecule has 3 heterocycles. The maximum atomic E-state index is 11.0. The number of nitrogens with zero attached hydrogens (tertiary/aromatic N) is 1. The summed E-state index contributed by atoms with van der Waals surface area (Å²) in [7, 11) is 1.92. The number of phenolic OH excluding ortho intramolecular Hbond substituents is 1. The Morgan fingerprint density at radius 3 is 2.88 bits per heavy atom. The Balaban J connectivity index is 1.47. The number of ether oxygens (including phenoxy) is 2. The van der Waals surface area contributed by atoms with E-state index in [4.69, 9.17) is 9.47 Å². The highest BCUT2D eigenvalue weighted by Gasteiger charge is 2.78. The van der Waals surface area contributed by atoms with E-state index in [2.05, 4.69) is 47.1 Å². The van der Waals surface area contributed by atoms with E-state index in [1.54, 1.807) is 0 Å². The van der Waals surface area contributed by atoms with Crippen molar-refractivity contribution in [1.82, 2.24) is 9.88 Å². The Morgan fingerprint density at radius 2 is 2.06 bits per heavy atom. The molecule has 2 fully saturated rings. The van der Waals surface area contributed by atoms with E-state index in [1.807, 2.05) is 13.2 Å². The van der Waals surface area contributed by atoms with E-state index in [-0.39, 0.29) is 11.2 Å². The van der Waals surface area contributed by atoms with Gasteiger partial charge in [-0.25, -0.2) is 0 Å². The van der Waals surface area contributed by atoms with Crippen molar-refractivity contribution in [2.45, 2.75) is 61.7 Å². The Bertz CT molecular complexity index is 1340. The molecule has 0 amide bonds. The van der Waals surface area contributed by atoms with Gasteiger partial charge in [0, 0.05) is 42.6 Å². The molecule has 4 atom stereocenters. The number of phenols is 1. The summed E-state index contributed by atoms with van der Waals surface area (Å²) >= 11 is 0. The van der Waals surface area contributed by atoms with Crippen molar-refractivity contribution in [2.75, 3.05) is 20.2 Å². The molecule has 0 unspecified atom stereocenters. The Hall–Kier alpha value is -2.50. The van der Waals surface area contributed by atoms with Crippen LogP contribution in [0.25, 0.3) is 10.9 Å². The lowest BCUT2D eigenvalue weighted by Gasteiger charge is -2.66. The lowest BCUT2D eigenvalue weighted by molar-refractivity contribution is -0.214. The number of aromatic hydroxyl groups is 1. The first-order valence-corrected chi connectivity index (χ1v) is 12.5. The summed E-state index contributed by atoms with van der Waals surface area (Å²) in [6.45, 7) is 4.47. The summed E-state index contributed by atoms with van der Waals surface area (Å²) in [6, 6.07) is 12.9. The molecule has 3 aromatic rings. The summed E-state index contributed by atoms with van der Waals surface area (Å²) in [5.74, 6) is 1.76. The predicted molar refractivity (Wildman–Crippen MR) is 126 cm³/mol. The van der Waals surface area contributed by atoms with Crippen molar-refractivity contribution >= 4 is 10.9 Å². The van der Waals surface area contributed by atoms with Gasteiger partial charge in [-0.15, -0.1) is 0 Å². The normalized spacial score (nSPS) is 35.9. The molecular weight excluding hydrogens is 412 g/mol. The molecule has 1 saturated heterocycles. The molecule has 5 nitrogen and oxygen atoms in total. The summed E-state index contributed by atoms with van der Waals surface area (Å²) in [5, 5.41) is 12.2. The van der Waals surface area contributed by atoms with Crippen LogP contribution in [0.5, 0.6) is 11.5 Å². The van der Waals surface area contributed by atoms with Gasteiger partial charge in [-0.05, 0) is 68.3 Å². The summed E-state index contributed by atoms with van der Waals surface area (Å²) in [6.07, 6.45) is 5.50. The lowest BCUT2D eigenvalue weighted by atomic mass is 9.45. The first kappa shape index (κ1) is 18.9. The van der Waals surface area contributed by atoms with Gasteiger partial charge in [-0.3, -0.25) is 4.90 Å². The number of piperidine rings is 1. The first-order chi connectivity index (χ1) is 16.0. The van der Waals surface area contributed by atoms with Crippen molar-refractivity contribution in [2.24, 2.45) is 5.92 Å². The molecule has 170 valence electrons. The maximum Gasteiger partial charge on any atom is 0.166 e. The molecule has 5 aliphatic rings. The third-order valence-corrected chi connectivity index (χ3v) is 9.94. The summed E-state index contributed by atoms with van der Waals surface area (Å²) in [5.41, 5.74) is 4.79. The van der Waals surface area contributed by atoms with E-state index in [0.717, 1.165) is 42.9 Å². The third kappa shape index (κ3) is 1.93. The topological polar surface area (TPSA) is 57.7 Å². The number of rotatable bonds is 3. The number of fused-ring (bicyclic) bond motifs is 4. The second-order valence-corrected chi connectivity index (χ2v) is 11.2. The number of likely N-dealkylation sites (tertiary alicyclic amines) is 1. The summed E-state index contributed by atoms with van der Waals surface area (Å²) in [4.78, 5) is 6.50. The largest absolute Gasteiger partial charge is 0.504 e. The summed E-state index contributed by atoms with van der Waals surface area (Å²) < 4.78 is 13.7. The molecule has 1 aromatic heterocycles. The van der Waals surface area contributed by atoms with Crippen molar-refractivity contribution in [1.29, 1.82) is 0 Å². The quantitative estimate of drug-likeness (QED) is 0.631. The van der Waals surface area contributed by atoms with Crippen LogP contribution in [-0.4, -0.2) is 46.8 Å². The van der Waals surface area contributed by atoms with E-state index in [0.29, 0.717) is 11.8 Å². The van der Waals surface area contributed by atoms with Gasteiger partial charge in [0.2, 0.25) is 0 Å². The van der Waals surface area contributed by atoms with Crippen molar-refractivity contribution in [3.05, 3.63) is 58.8 Å². The second-order valence-electron chi connectivity index (χ2n) is 11.2. The van der Waals surface area contributed by atoms with Crippen LogP contribution in [0.2, 0.25) is 0 Å². The molecule has 1 saturated carbocycles. The Kier molecular flexibility index (Phi) is 3.29. The maximum absolute atomic E-state index is 11.0. The van der Waals surface area contributed by atoms with Crippen LogP contribution in [0.15, 0.2) is 36.4 Å². The molecular formula is C28H30N2O3. The molecule has 0 radical (unpaired) electrons. The van der Waals surface area contributed by atoms with E-state index in [9.17, 15) is 5.11 Å². The van der Waals surface area contributed by atoms with Gasteiger partial charge in [0.15, 0.2) is 17.1 Å². The van der Waals surface area contributed by atoms with Gasteiger partial charge in [-0.2, -0.15) is 0 Å². The fourth-order valence-corrected chi connectivity index (χ4v) is 8.44. The van der Waals surface area contributed by atoms with Crippen molar-refractivity contribution < 1.29 is 14.6 Å². The minimum Gasteiger partial charge on any atom is -0.504 e. The standard InChI is InChI=1S/C28H30N2O3/c1-26-25-19(18-5-3-4-6-20(18)29-25)14-28(32-2)22-13-17-9-10-21(31)24(33-26)23(17)27(26,28)11-12-30(22)15-16-7-8-16/h3-6,9-10,16,22,29,31H,7-8,11-15H2,1-2H3/t22-,26+,27-,28-/m1/s1. The number of aromatic nitrogens is 1. The SMILES string of the molecule is CO[C@@]12Cc3c([nH]c4ccccc34)[C@]3(C)Oc4c(O)ccc5c4[C@]31CCN(CC1CC1)[C@@H]2C5. The van der Waals surface area contributed by atoms with Crippen LogP contribution in [-0.2, 0) is 28.6 Å². The van der Waals surface area contributed by atoms with E-state index >= 15 is 0 Å². The second kappa shape index (κ2) is 5.76. The molecule has 3 aliphatic carbocycles. The molecule has 33 heavy (non-hydrogen) atoms. The monoisotopic (exact) mass is 442 g/mol. The zero-order valence-corrected chi connectivity index (χ0v) is 19.3. The molecule has 2 N–H and O–H groups in total. The van der Waals surface area contributed by atoms with Gasteiger partial charge in [0.25, 0.3) is 0 Å². The number of aromatic amines is 1. The van der Waals surface area contributed by atoms with E-state index < -0.39 is 11.2 Å². The highest BCUT2D eigenvalue weighted by Crippen LogP contribution is 2.72. The lowest BCUT2D eigenvalue weighted by Crippen LogP contribution is -2.78. The van der Waals surface area contributed by atoms with Crippen LogP contribution in [0, 0.1) is 5.92 Å². The average Bonchev–Trinajstić information content (AvgIpc) is 3.49. The first-order valence-electron chi connectivity index (χ1n) is 12.5. The fourth-order valence-electron chi connectivity index (χ4n) is 8.44. The zero-order valence-electron chi connectivity index (χ0n) is 19.3. The van der Waals surface area contributed by atoms with Gasteiger partial charge >= 0.3 is 0 Å². The number of hydrogen-bond donors (Lipinski definition) is 2. The minimum atomic E-state index is -0.629. The molecule has 8 rings (SSSR count). The number of hydrogen-bond acceptors (Lipinski definition) is 4. The number of methoxy groups -OCH3 is 1. The zero-order chi connectivity index (χ0) is 22.2. The highest BCUT2D eigenvalue weighted by molar-refractivity contribution is 5.86. The molecule has 2 aromatic carbocycles. The molecule has 5 heteroatoms. The van der Waals surface area contributed by atoms with Crippen molar-refractivity contribution in [3.63, 3.8) is 0 Å². The Labute approximate surface area is 193 Å². The highest BCUT2D eigenvalue weighted by atomic mass is 16.5. The molecule has 2 bridgehead atoms. The van der Waals surface area contributed by atoms with Gasteiger partial charge < -0.3 is 19.6 Å². The Morgan fingerprint density at radius 1 is 1.21 bits per heavy atom. The fraction of sp³-hybridized carbons (Fsp3) is 0.500. The van der Waals surface area contributed by atoms with Gasteiger partial charge in [-0.1, -0.05) is 24.3 Å². The number of benzene rings is 2. The number of H-pyrrole nitrogens is 1. The minimum absolute atomic E-state index is 0.250. The molecule has 2 aliphatic heterocycles. The van der Waals surface area contributed by atoms with Crippen molar-refractivity contribution in [3.8, 4) is 11.5 Å². The van der Waals surface area contributed by atoms with Gasteiger partial charge in [0.05, 0.1) is 11.1 Å². The van der Waals surface area contributed by atoms with Crippen LogP contribution < -0.4 is 4.74 Å². The van der Waals surface area contributed by atoms with Crippen LogP contribution >= 0.6 is 0 Å². The molecule has 1 spiro atoms.